The van der Waals surface area contributed by atoms with Gasteiger partial charge in [0.2, 0.25) is 5.91 Å². The van der Waals surface area contributed by atoms with E-state index in [0.29, 0.717) is 17.1 Å². The maximum Gasteiger partial charge on any atom is 0.354 e. The largest absolute Gasteiger partial charge is 0.477 e. The van der Waals surface area contributed by atoms with Crippen LogP contribution >= 0.6 is 11.6 Å². The SMILES string of the molecule is Cc1ccc(Cn2nc(C)cc2C(=O)O)cc1.NC(=O)c1ccc(Cl)cc1. The van der Waals surface area contributed by atoms with Crippen molar-refractivity contribution in [3.63, 3.8) is 0 Å². The second-order valence-electron chi connectivity index (χ2n) is 5.99. The number of primary amides is 1. The number of nitrogens with zero attached hydrogens (tertiary/aromatic N) is 2. The highest BCUT2D eigenvalue weighted by Gasteiger charge is 2.12. The van der Waals surface area contributed by atoms with E-state index >= 15 is 0 Å². The predicted octanol–water partition coefficient (Wildman–Crippen LogP) is 3.69. The smallest absolute Gasteiger partial charge is 0.354 e. The molecule has 140 valence electrons. The Morgan fingerprint density at radius 1 is 1.07 bits per heavy atom. The number of hydrogen-bond donors (Lipinski definition) is 2. The van der Waals surface area contributed by atoms with Crippen molar-refractivity contribution in [1.29, 1.82) is 0 Å². The van der Waals surface area contributed by atoms with Crippen LogP contribution in [0.15, 0.2) is 54.6 Å². The molecule has 27 heavy (non-hydrogen) atoms. The first kappa shape index (κ1) is 20.2. The number of aromatic nitrogens is 2. The summed E-state index contributed by atoms with van der Waals surface area (Å²) in [5.74, 6) is -1.38. The number of amides is 1. The van der Waals surface area contributed by atoms with Crippen LogP contribution in [-0.4, -0.2) is 26.8 Å². The molecule has 0 spiro atoms. The molecule has 6 nitrogen and oxygen atoms in total. The summed E-state index contributed by atoms with van der Waals surface area (Å²) < 4.78 is 1.52. The summed E-state index contributed by atoms with van der Waals surface area (Å²) in [5.41, 5.74) is 8.63. The molecular weight excluding hydrogens is 366 g/mol. The summed E-state index contributed by atoms with van der Waals surface area (Å²) in [6.07, 6.45) is 0. The molecule has 0 radical (unpaired) electrons. The minimum absolute atomic E-state index is 0.225. The summed E-state index contributed by atoms with van der Waals surface area (Å²) in [7, 11) is 0. The van der Waals surface area contributed by atoms with Crippen LogP contribution in [0.3, 0.4) is 0 Å². The second kappa shape index (κ2) is 9.00. The Morgan fingerprint density at radius 2 is 1.67 bits per heavy atom. The number of carboxylic acid groups (broad SMARTS) is 1. The molecule has 0 aliphatic heterocycles. The number of benzene rings is 2. The van der Waals surface area contributed by atoms with E-state index in [1.54, 1.807) is 37.3 Å². The first-order valence-corrected chi connectivity index (χ1v) is 8.52. The van der Waals surface area contributed by atoms with Crippen molar-refractivity contribution in [2.24, 2.45) is 5.73 Å². The molecule has 1 aromatic heterocycles. The van der Waals surface area contributed by atoms with Crippen LogP contribution in [0.25, 0.3) is 0 Å². The highest BCUT2D eigenvalue weighted by Crippen LogP contribution is 2.10. The summed E-state index contributed by atoms with van der Waals surface area (Å²) in [4.78, 5) is 21.5. The number of rotatable bonds is 4. The third kappa shape index (κ3) is 5.97. The zero-order chi connectivity index (χ0) is 20.0. The van der Waals surface area contributed by atoms with E-state index in [2.05, 4.69) is 5.10 Å². The lowest BCUT2D eigenvalue weighted by molar-refractivity contribution is 0.0683. The molecule has 1 heterocycles. The third-order valence-electron chi connectivity index (χ3n) is 3.70. The number of aromatic carboxylic acids is 1. The molecular formula is C20H20ClN3O3. The van der Waals surface area contributed by atoms with Crippen LogP contribution in [0.1, 0.15) is 37.7 Å². The zero-order valence-electron chi connectivity index (χ0n) is 15.0. The van der Waals surface area contributed by atoms with Crippen molar-refractivity contribution in [3.05, 3.63) is 87.7 Å². The molecule has 3 aromatic rings. The fourth-order valence-electron chi connectivity index (χ4n) is 2.32. The third-order valence-corrected chi connectivity index (χ3v) is 3.95. The molecule has 0 atom stereocenters. The second-order valence-corrected chi connectivity index (χ2v) is 6.43. The number of carbonyl (C=O) groups excluding carboxylic acids is 1. The highest BCUT2D eigenvalue weighted by atomic mass is 35.5. The van der Waals surface area contributed by atoms with E-state index in [9.17, 15) is 9.59 Å². The minimum atomic E-state index is -0.947. The van der Waals surface area contributed by atoms with Crippen LogP contribution in [0.4, 0.5) is 0 Å². The number of carboxylic acids is 1. The van der Waals surface area contributed by atoms with E-state index < -0.39 is 11.9 Å². The Labute approximate surface area is 162 Å². The Hall–Kier alpha value is -3.12. The van der Waals surface area contributed by atoms with Gasteiger partial charge in [-0.05, 0) is 49.7 Å². The maximum absolute atomic E-state index is 11.0. The van der Waals surface area contributed by atoms with Gasteiger partial charge in [0.15, 0.2) is 0 Å². The lowest BCUT2D eigenvalue weighted by atomic mass is 10.1. The first-order chi connectivity index (χ1) is 12.8. The maximum atomic E-state index is 11.0. The molecule has 7 heteroatoms. The van der Waals surface area contributed by atoms with Gasteiger partial charge in [0.1, 0.15) is 5.69 Å². The molecule has 0 saturated carbocycles. The van der Waals surface area contributed by atoms with Gasteiger partial charge in [-0.1, -0.05) is 41.4 Å². The van der Waals surface area contributed by atoms with Gasteiger partial charge < -0.3 is 10.8 Å². The minimum Gasteiger partial charge on any atom is -0.477 e. The lowest BCUT2D eigenvalue weighted by Crippen LogP contribution is -2.10. The van der Waals surface area contributed by atoms with Gasteiger partial charge in [-0.25, -0.2) is 4.79 Å². The van der Waals surface area contributed by atoms with Gasteiger partial charge in [0.25, 0.3) is 0 Å². The van der Waals surface area contributed by atoms with Crippen LogP contribution in [0.5, 0.6) is 0 Å². The molecule has 0 aliphatic rings. The standard InChI is InChI=1S/C13H14N2O2.C7H6ClNO/c1-9-3-5-11(6-4-9)8-15-12(13(16)17)7-10(2)14-15;8-6-3-1-5(2-4-6)7(9)10/h3-7H,8H2,1-2H3,(H,16,17);1-4H,(H2,9,10). The number of hydrogen-bond acceptors (Lipinski definition) is 3. The topological polar surface area (TPSA) is 98.2 Å². The lowest BCUT2D eigenvalue weighted by Gasteiger charge is -2.05. The van der Waals surface area contributed by atoms with Crippen molar-refractivity contribution in [3.8, 4) is 0 Å². The summed E-state index contributed by atoms with van der Waals surface area (Å²) in [5, 5.41) is 13.8. The van der Waals surface area contributed by atoms with E-state index in [-0.39, 0.29) is 5.69 Å². The Balaban J connectivity index is 0.000000223. The highest BCUT2D eigenvalue weighted by molar-refractivity contribution is 6.30. The predicted molar refractivity (Wildman–Crippen MR) is 104 cm³/mol. The van der Waals surface area contributed by atoms with Gasteiger partial charge >= 0.3 is 5.97 Å². The average Bonchev–Trinajstić information content (AvgIpc) is 2.98. The monoisotopic (exact) mass is 385 g/mol. The zero-order valence-corrected chi connectivity index (χ0v) is 15.8. The summed E-state index contributed by atoms with van der Waals surface area (Å²) in [6.45, 7) is 4.29. The van der Waals surface area contributed by atoms with E-state index in [1.165, 1.54) is 10.2 Å². The Morgan fingerprint density at radius 3 is 2.19 bits per heavy atom. The van der Waals surface area contributed by atoms with E-state index in [4.69, 9.17) is 22.4 Å². The van der Waals surface area contributed by atoms with Gasteiger partial charge in [-0.3, -0.25) is 9.48 Å². The molecule has 2 aromatic carbocycles. The van der Waals surface area contributed by atoms with Crippen LogP contribution < -0.4 is 5.73 Å². The Bertz CT molecular complexity index is 932. The number of aryl methyl sites for hydroxylation is 2. The number of nitrogens with two attached hydrogens (primary N) is 1. The number of carbonyl (C=O) groups is 2. The molecule has 3 rings (SSSR count). The van der Waals surface area contributed by atoms with Crippen LogP contribution in [0, 0.1) is 13.8 Å². The van der Waals surface area contributed by atoms with Gasteiger partial charge in [0.05, 0.1) is 12.2 Å². The van der Waals surface area contributed by atoms with Gasteiger partial charge in [-0.2, -0.15) is 5.10 Å². The summed E-state index contributed by atoms with van der Waals surface area (Å²) in [6, 6.07) is 16.0. The normalized spacial score (nSPS) is 10.0. The molecule has 0 unspecified atom stereocenters. The molecule has 0 fully saturated rings. The molecule has 1 amide bonds. The van der Waals surface area contributed by atoms with Crippen molar-refractivity contribution in [1.82, 2.24) is 9.78 Å². The molecule has 0 bridgehead atoms. The average molecular weight is 386 g/mol. The van der Waals surface area contributed by atoms with Crippen molar-refractivity contribution >= 4 is 23.5 Å². The van der Waals surface area contributed by atoms with Gasteiger partial charge in [0, 0.05) is 10.6 Å². The Kier molecular flexibility index (Phi) is 6.73. The van der Waals surface area contributed by atoms with Crippen LogP contribution in [-0.2, 0) is 6.54 Å². The molecule has 0 aliphatic carbocycles. The quantitative estimate of drug-likeness (QED) is 0.715. The number of halogens is 1. The fourth-order valence-corrected chi connectivity index (χ4v) is 2.44. The summed E-state index contributed by atoms with van der Waals surface area (Å²) >= 11 is 5.56. The van der Waals surface area contributed by atoms with Crippen molar-refractivity contribution in [2.45, 2.75) is 20.4 Å². The van der Waals surface area contributed by atoms with Crippen molar-refractivity contribution < 1.29 is 14.7 Å². The first-order valence-electron chi connectivity index (χ1n) is 8.15. The molecule has 3 N–H and O–H groups in total. The molecule has 0 saturated heterocycles. The van der Waals surface area contributed by atoms with Crippen LogP contribution in [0.2, 0.25) is 5.02 Å². The van der Waals surface area contributed by atoms with Gasteiger partial charge in [-0.15, -0.1) is 0 Å². The van der Waals surface area contributed by atoms with E-state index in [1.807, 2.05) is 31.2 Å². The fraction of sp³-hybridized carbons (Fsp3) is 0.150. The van der Waals surface area contributed by atoms with Crippen molar-refractivity contribution in [2.75, 3.05) is 0 Å². The van der Waals surface area contributed by atoms with E-state index in [0.717, 1.165) is 11.3 Å².